The molecule has 0 spiro atoms. The molecule has 2 unspecified atom stereocenters. The van der Waals surface area contributed by atoms with E-state index < -0.39 is 0 Å². The molecule has 0 radical (unpaired) electrons. The van der Waals surface area contributed by atoms with Crippen molar-refractivity contribution in [1.29, 1.82) is 0 Å². The fourth-order valence-electron chi connectivity index (χ4n) is 0.834. The minimum atomic E-state index is -0.326. The number of hydrogen-bond acceptors (Lipinski definition) is 3. The lowest BCUT2D eigenvalue weighted by Gasteiger charge is -2.33. The zero-order chi connectivity index (χ0) is 9.14. The maximum Gasteiger partial charge on any atom is 0.335 e. The molecule has 1 fully saturated rings. The van der Waals surface area contributed by atoms with Crippen LogP contribution in [0.1, 0.15) is 20.8 Å². The molecule has 68 valence electrons. The second-order valence-corrected chi connectivity index (χ2v) is 3.06. The van der Waals surface area contributed by atoms with Gasteiger partial charge in [-0.15, -0.1) is 0 Å². The lowest BCUT2D eigenvalue weighted by Crippen LogP contribution is -2.41. The van der Waals surface area contributed by atoms with Gasteiger partial charge in [0, 0.05) is 11.5 Å². The summed E-state index contributed by atoms with van der Waals surface area (Å²) in [7, 11) is 0. The van der Waals surface area contributed by atoms with Crippen LogP contribution in [-0.4, -0.2) is 18.9 Å². The molecule has 0 aromatic heterocycles. The minimum absolute atomic E-state index is 0.283. The van der Waals surface area contributed by atoms with Gasteiger partial charge in [0.15, 0.2) is 0 Å². The van der Waals surface area contributed by atoms with E-state index in [9.17, 15) is 4.79 Å². The summed E-state index contributed by atoms with van der Waals surface area (Å²) in [6.07, 6.45) is 1.40. The van der Waals surface area contributed by atoms with Crippen molar-refractivity contribution in [3.05, 3.63) is 11.6 Å². The molecule has 12 heavy (non-hydrogen) atoms. The van der Waals surface area contributed by atoms with E-state index in [1.54, 1.807) is 13.0 Å². The van der Waals surface area contributed by atoms with Crippen LogP contribution in [0.2, 0.25) is 0 Å². The molecule has 2 atom stereocenters. The topological polar surface area (TPSA) is 35.5 Å². The van der Waals surface area contributed by atoms with Gasteiger partial charge in [0.25, 0.3) is 0 Å². The Hall–Kier alpha value is -0.830. The third kappa shape index (κ3) is 1.85. The van der Waals surface area contributed by atoms with Crippen LogP contribution in [0.25, 0.3) is 0 Å². The van der Waals surface area contributed by atoms with Gasteiger partial charge in [-0.25, -0.2) is 4.79 Å². The Balaban J connectivity index is 2.36. The lowest BCUT2D eigenvalue weighted by atomic mass is 10.1. The number of carbonyl (C=O) groups excluding carboxylic acids is 1. The Morgan fingerprint density at radius 3 is 2.67 bits per heavy atom. The Bertz CT molecular complexity index is 208. The van der Waals surface area contributed by atoms with Gasteiger partial charge in [0.1, 0.15) is 0 Å². The predicted molar refractivity (Wildman–Crippen MR) is 44.4 cm³/mol. The maximum absolute atomic E-state index is 11.2. The van der Waals surface area contributed by atoms with E-state index >= 15 is 0 Å². The van der Waals surface area contributed by atoms with E-state index in [1.807, 2.05) is 13.8 Å². The molecule has 0 aromatic carbocycles. The normalized spacial score (nSPS) is 29.4. The number of allylic oxidation sites excluding steroid dienone is 1. The highest BCUT2D eigenvalue weighted by molar-refractivity contribution is 5.87. The van der Waals surface area contributed by atoms with E-state index in [2.05, 4.69) is 0 Å². The zero-order valence-corrected chi connectivity index (χ0v) is 7.66. The molecule has 1 heterocycles. The second-order valence-electron chi connectivity index (χ2n) is 3.06. The van der Waals surface area contributed by atoms with Gasteiger partial charge in [-0.1, -0.05) is 13.0 Å². The summed E-state index contributed by atoms with van der Waals surface area (Å²) in [6.45, 7) is 6.21. The SMILES string of the molecule is C/C=C(\C)C(=O)OC1OCC1C. The van der Waals surface area contributed by atoms with Gasteiger partial charge in [-0.05, 0) is 13.8 Å². The number of rotatable bonds is 2. The molecule has 0 saturated carbocycles. The molecule has 0 bridgehead atoms. The van der Waals surface area contributed by atoms with E-state index in [4.69, 9.17) is 9.47 Å². The average molecular weight is 170 g/mol. The molecule has 0 amide bonds. The van der Waals surface area contributed by atoms with Gasteiger partial charge in [-0.3, -0.25) is 0 Å². The van der Waals surface area contributed by atoms with Gasteiger partial charge >= 0.3 is 5.97 Å². The van der Waals surface area contributed by atoms with Crippen molar-refractivity contribution < 1.29 is 14.3 Å². The molecule has 1 rings (SSSR count). The summed E-state index contributed by atoms with van der Waals surface area (Å²) in [6, 6.07) is 0. The van der Waals surface area contributed by atoms with E-state index in [0.29, 0.717) is 18.1 Å². The molecule has 3 heteroatoms. The quantitative estimate of drug-likeness (QED) is 0.465. The third-order valence-corrected chi connectivity index (χ3v) is 1.97. The van der Waals surface area contributed by atoms with Crippen molar-refractivity contribution in [3.8, 4) is 0 Å². The first-order valence-corrected chi connectivity index (χ1v) is 4.10. The van der Waals surface area contributed by atoms with Crippen LogP contribution in [0.4, 0.5) is 0 Å². The molecular formula is C9H14O3. The molecule has 1 saturated heterocycles. The van der Waals surface area contributed by atoms with Crippen molar-refractivity contribution in [2.75, 3.05) is 6.61 Å². The van der Waals surface area contributed by atoms with Crippen molar-refractivity contribution in [2.45, 2.75) is 27.1 Å². The fourth-order valence-corrected chi connectivity index (χ4v) is 0.834. The van der Waals surface area contributed by atoms with Crippen LogP contribution in [-0.2, 0) is 14.3 Å². The van der Waals surface area contributed by atoms with Crippen LogP contribution in [0.5, 0.6) is 0 Å². The van der Waals surface area contributed by atoms with Crippen molar-refractivity contribution in [3.63, 3.8) is 0 Å². The van der Waals surface area contributed by atoms with E-state index in [0.717, 1.165) is 0 Å². The number of carbonyl (C=O) groups is 1. The Morgan fingerprint density at radius 2 is 2.33 bits per heavy atom. The monoisotopic (exact) mass is 170 g/mol. The van der Waals surface area contributed by atoms with Crippen molar-refractivity contribution >= 4 is 5.97 Å². The molecule has 0 N–H and O–H groups in total. The first kappa shape index (κ1) is 9.26. The highest BCUT2D eigenvalue weighted by Crippen LogP contribution is 2.21. The molecule has 3 nitrogen and oxygen atoms in total. The molecule has 0 aliphatic carbocycles. The Labute approximate surface area is 72.4 Å². The van der Waals surface area contributed by atoms with E-state index in [1.165, 1.54) is 0 Å². The van der Waals surface area contributed by atoms with Crippen molar-refractivity contribution in [2.24, 2.45) is 5.92 Å². The summed E-state index contributed by atoms with van der Waals surface area (Å²) in [5.74, 6) is 0.0488. The maximum atomic E-state index is 11.2. The van der Waals surface area contributed by atoms with Gasteiger partial charge in [0.05, 0.1) is 6.61 Å². The molecule has 1 aliphatic rings. The van der Waals surface area contributed by atoms with Gasteiger partial charge in [-0.2, -0.15) is 0 Å². The van der Waals surface area contributed by atoms with Crippen LogP contribution >= 0.6 is 0 Å². The second kappa shape index (κ2) is 3.72. The van der Waals surface area contributed by atoms with Gasteiger partial charge in [0.2, 0.25) is 6.29 Å². The largest absolute Gasteiger partial charge is 0.432 e. The summed E-state index contributed by atoms with van der Waals surface area (Å²) >= 11 is 0. The number of ether oxygens (including phenoxy) is 2. The van der Waals surface area contributed by atoms with Crippen LogP contribution < -0.4 is 0 Å². The van der Waals surface area contributed by atoms with Gasteiger partial charge < -0.3 is 9.47 Å². The molecule has 1 aliphatic heterocycles. The zero-order valence-electron chi connectivity index (χ0n) is 7.66. The highest BCUT2D eigenvalue weighted by Gasteiger charge is 2.31. The molecular weight excluding hydrogens is 156 g/mol. The highest BCUT2D eigenvalue weighted by atomic mass is 16.7. The minimum Gasteiger partial charge on any atom is -0.432 e. The standard InChI is InChI=1S/C9H14O3/c1-4-6(2)8(10)12-9-7(3)5-11-9/h4,7,9H,5H2,1-3H3/b6-4+. The van der Waals surface area contributed by atoms with Crippen LogP contribution in [0.15, 0.2) is 11.6 Å². The lowest BCUT2D eigenvalue weighted by molar-refractivity contribution is -0.243. The average Bonchev–Trinajstić information content (AvgIpc) is 2.09. The summed E-state index contributed by atoms with van der Waals surface area (Å²) < 4.78 is 10.1. The first-order valence-electron chi connectivity index (χ1n) is 4.10. The summed E-state index contributed by atoms with van der Waals surface area (Å²) in [5.41, 5.74) is 0.623. The fraction of sp³-hybridized carbons (Fsp3) is 0.667. The summed E-state index contributed by atoms with van der Waals surface area (Å²) in [4.78, 5) is 11.2. The Kier molecular flexibility index (Phi) is 2.87. The summed E-state index contributed by atoms with van der Waals surface area (Å²) in [5, 5.41) is 0. The third-order valence-electron chi connectivity index (χ3n) is 1.97. The van der Waals surface area contributed by atoms with Crippen LogP contribution in [0, 0.1) is 5.92 Å². The number of esters is 1. The van der Waals surface area contributed by atoms with Crippen molar-refractivity contribution in [1.82, 2.24) is 0 Å². The smallest absolute Gasteiger partial charge is 0.335 e. The van der Waals surface area contributed by atoms with E-state index in [-0.39, 0.29) is 12.3 Å². The first-order chi connectivity index (χ1) is 5.65. The van der Waals surface area contributed by atoms with Crippen LogP contribution in [0.3, 0.4) is 0 Å². The number of hydrogen-bond donors (Lipinski definition) is 0. The molecule has 0 aromatic rings. The predicted octanol–water partition coefficient (Wildman–Crippen LogP) is 1.49. The Morgan fingerprint density at radius 1 is 1.67 bits per heavy atom.